The zero-order chi connectivity index (χ0) is 54.0. The van der Waals surface area contributed by atoms with Gasteiger partial charge in [-0.15, -0.1) is 0 Å². The highest BCUT2D eigenvalue weighted by Gasteiger charge is 2.24. The van der Waals surface area contributed by atoms with Gasteiger partial charge in [0.05, 0.1) is 50.4 Å². The molecule has 11 aromatic carbocycles. The summed E-state index contributed by atoms with van der Waals surface area (Å²) < 4.78 is 4.71. The Bertz CT molecular complexity index is 4480. The molecule has 0 N–H and O–H groups in total. The van der Waals surface area contributed by atoms with Crippen molar-refractivity contribution in [3.05, 3.63) is 283 Å². The third kappa shape index (κ3) is 8.54. The predicted molar refractivity (Wildman–Crippen MR) is 335 cm³/mol. The van der Waals surface area contributed by atoms with Gasteiger partial charge in [-0.3, -0.25) is 0 Å². The van der Waals surface area contributed by atoms with Gasteiger partial charge in [-0.2, -0.15) is 5.26 Å². The van der Waals surface area contributed by atoms with Crippen LogP contribution in [0.3, 0.4) is 0 Å². The molecule has 0 aliphatic heterocycles. The molecule has 0 spiro atoms. The molecule has 0 saturated carbocycles. The Labute approximate surface area is 466 Å². The molecule has 0 fully saturated rings. The van der Waals surface area contributed by atoms with Gasteiger partial charge in [0.2, 0.25) is 0 Å². The SMILES string of the molecule is Cc1ccc(-c2ccc3c(c2)c2cc(-c4ccc(C)cc4)ccc2n3-c2cc(-c3cc(-c4ccccc4)nc(-c4ccccc4)c3)c(-n3c4ccc(-c5ccc(C)cc5)cc4c4cc(-c5ccc(C)cc5)ccc43)cc2C#N)cc1. The average Bonchev–Trinajstić information content (AvgIpc) is 4.18. The van der Waals surface area contributed by atoms with Gasteiger partial charge in [0, 0.05) is 38.2 Å². The van der Waals surface area contributed by atoms with Crippen molar-refractivity contribution in [3.63, 3.8) is 0 Å². The van der Waals surface area contributed by atoms with Gasteiger partial charge >= 0.3 is 0 Å². The van der Waals surface area contributed by atoms with Crippen LogP contribution in [0.15, 0.2) is 255 Å². The quantitative estimate of drug-likeness (QED) is 0.145. The van der Waals surface area contributed by atoms with E-state index in [1.165, 1.54) is 22.3 Å². The maximum absolute atomic E-state index is 11.8. The summed E-state index contributed by atoms with van der Waals surface area (Å²) in [7, 11) is 0. The summed E-state index contributed by atoms with van der Waals surface area (Å²) >= 11 is 0. The van der Waals surface area contributed by atoms with Gasteiger partial charge in [-0.25, -0.2) is 4.98 Å². The monoisotopic (exact) mass is 1020 g/mol. The smallest absolute Gasteiger partial charge is 0.101 e. The van der Waals surface area contributed by atoms with E-state index >= 15 is 0 Å². The lowest BCUT2D eigenvalue weighted by Gasteiger charge is -2.20. The van der Waals surface area contributed by atoms with E-state index in [0.717, 1.165) is 133 Å². The number of fused-ring (bicyclic) bond motifs is 6. The minimum atomic E-state index is 0.552. The molecule has 3 aromatic heterocycles. The van der Waals surface area contributed by atoms with Crippen molar-refractivity contribution >= 4 is 43.6 Å². The van der Waals surface area contributed by atoms with Gasteiger partial charge in [-0.05, 0) is 151 Å². The van der Waals surface area contributed by atoms with Crippen LogP contribution in [0.4, 0.5) is 0 Å². The maximum Gasteiger partial charge on any atom is 0.101 e. The van der Waals surface area contributed by atoms with Crippen molar-refractivity contribution in [2.24, 2.45) is 0 Å². The maximum atomic E-state index is 11.8. The predicted octanol–water partition coefficient (Wildman–Crippen LogP) is 20.1. The Kier molecular flexibility index (Phi) is 11.8. The van der Waals surface area contributed by atoms with Crippen LogP contribution in [0.2, 0.25) is 0 Å². The second-order valence-corrected chi connectivity index (χ2v) is 21.4. The normalized spacial score (nSPS) is 11.5. The van der Waals surface area contributed by atoms with Gasteiger partial charge in [0.15, 0.2) is 0 Å². The molecule has 0 aliphatic carbocycles. The van der Waals surface area contributed by atoms with Crippen LogP contribution in [-0.2, 0) is 0 Å². The number of aromatic nitrogens is 3. The molecule has 0 unspecified atom stereocenters. The van der Waals surface area contributed by atoms with Gasteiger partial charge in [0.1, 0.15) is 6.07 Å². The van der Waals surface area contributed by atoms with Gasteiger partial charge in [0.25, 0.3) is 0 Å². The van der Waals surface area contributed by atoms with E-state index in [4.69, 9.17) is 4.98 Å². The molecule has 3 heterocycles. The molecule has 4 heteroatoms. The van der Waals surface area contributed by atoms with Crippen LogP contribution < -0.4 is 0 Å². The second-order valence-electron chi connectivity index (χ2n) is 21.4. The van der Waals surface area contributed by atoms with E-state index < -0.39 is 0 Å². The van der Waals surface area contributed by atoms with Crippen molar-refractivity contribution < 1.29 is 0 Å². The van der Waals surface area contributed by atoms with Crippen molar-refractivity contribution in [2.75, 3.05) is 0 Å². The number of nitriles is 1. The number of rotatable bonds is 9. The fourth-order valence-electron chi connectivity index (χ4n) is 11.7. The molecule has 80 heavy (non-hydrogen) atoms. The lowest BCUT2D eigenvalue weighted by Crippen LogP contribution is -2.04. The highest BCUT2D eigenvalue weighted by atomic mass is 15.0. The fraction of sp³-hybridized carbons (Fsp3) is 0.0526. The minimum Gasteiger partial charge on any atom is -0.309 e. The zero-order valence-corrected chi connectivity index (χ0v) is 45.0. The number of aryl methyl sites for hydroxylation is 4. The van der Waals surface area contributed by atoms with Crippen LogP contribution in [0.1, 0.15) is 27.8 Å². The van der Waals surface area contributed by atoms with E-state index in [9.17, 15) is 5.26 Å². The molecule has 378 valence electrons. The molecule has 14 aromatic rings. The van der Waals surface area contributed by atoms with Crippen LogP contribution in [0.25, 0.3) is 133 Å². The summed E-state index contributed by atoms with van der Waals surface area (Å²) in [5, 5.41) is 16.2. The van der Waals surface area contributed by atoms with Crippen LogP contribution in [-0.4, -0.2) is 14.1 Å². The first-order valence-electron chi connectivity index (χ1n) is 27.4. The van der Waals surface area contributed by atoms with Crippen molar-refractivity contribution in [1.29, 1.82) is 5.26 Å². The Hall–Kier alpha value is -10.3. The van der Waals surface area contributed by atoms with Crippen molar-refractivity contribution in [2.45, 2.75) is 27.7 Å². The Morgan fingerprint density at radius 2 is 0.600 bits per heavy atom. The summed E-state index contributed by atoms with van der Waals surface area (Å²) in [6.07, 6.45) is 0. The minimum absolute atomic E-state index is 0.552. The molecule has 0 saturated heterocycles. The highest BCUT2D eigenvalue weighted by Crippen LogP contribution is 2.45. The van der Waals surface area contributed by atoms with Crippen LogP contribution >= 0.6 is 0 Å². The summed E-state index contributed by atoms with van der Waals surface area (Å²) in [4.78, 5) is 5.38. The molecular weight excluding hydrogens is 969 g/mol. The fourth-order valence-corrected chi connectivity index (χ4v) is 11.7. The first-order valence-corrected chi connectivity index (χ1v) is 27.4. The van der Waals surface area contributed by atoms with Gasteiger partial charge < -0.3 is 9.13 Å². The topological polar surface area (TPSA) is 46.5 Å². The summed E-state index contributed by atoms with van der Waals surface area (Å²) in [6, 6.07) is 94.9. The Morgan fingerprint density at radius 1 is 0.287 bits per heavy atom. The van der Waals surface area contributed by atoms with E-state index in [1.54, 1.807) is 0 Å². The molecule has 0 radical (unpaired) electrons. The summed E-state index contributed by atoms with van der Waals surface area (Å²) in [5.74, 6) is 0. The van der Waals surface area contributed by atoms with Crippen LogP contribution in [0.5, 0.6) is 0 Å². The van der Waals surface area contributed by atoms with Crippen molar-refractivity contribution in [3.8, 4) is 95.6 Å². The lowest BCUT2D eigenvalue weighted by atomic mass is 9.96. The van der Waals surface area contributed by atoms with E-state index in [2.05, 4.69) is 286 Å². The van der Waals surface area contributed by atoms with E-state index in [-0.39, 0.29) is 0 Å². The summed E-state index contributed by atoms with van der Waals surface area (Å²) in [5.41, 5.74) is 26.1. The zero-order valence-electron chi connectivity index (χ0n) is 45.0. The molecule has 4 nitrogen and oxygen atoms in total. The average molecular weight is 1020 g/mol. The number of benzene rings is 11. The van der Waals surface area contributed by atoms with E-state index in [0.29, 0.717) is 5.56 Å². The second kappa shape index (κ2) is 19.6. The largest absolute Gasteiger partial charge is 0.309 e. The third-order valence-corrected chi connectivity index (χ3v) is 16.1. The molecular formula is C76H54N4. The highest BCUT2D eigenvalue weighted by molar-refractivity contribution is 6.14. The number of hydrogen-bond donors (Lipinski definition) is 0. The Balaban J connectivity index is 1.09. The number of nitrogens with zero attached hydrogens (tertiary/aromatic N) is 4. The molecule has 0 bridgehead atoms. The first-order chi connectivity index (χ1) is 39.2. The molecule has 0 amide bonds. The van der Waals surface area contributed by atoms with Crippen LogP contribution in [0, 0.1) is 39.0 Å². The van der Waals surface area contributed by atoms with E-state index in [1.807, 2.05) is 12.1 Å². The first kappa shape index (κ1) is 48.1. The third-order valence-electron chi connectivity index (χ3n) is 16.1. The standard InChI is InChI=1S/C76H54N4/c1-48-15-23-52(24-16-48)58-31-35-71-65(39-58)66-40-59(53-25-17-49(2)18-26-53)32-36-72(66)79(71)75-46-64(62-43-69(56-11-7-5-8-12-56)78-70(44-62)57-13-9-6-10-14-57)76(45-63(75)47-77)80-73-37-33-60(54-27-19-50(3)20-28-54)41-67(73)68-42-61(34-38-74(68)80)55-29-21-51(4)22-30-55/h5-46H,1-4H3. The number of pyridine rings is 1. The van der Waals surface area contributed by atoms with Crippen molar-refractivity contribution in [1.82, 2.24) is 14.1 Å². The lowest BCUT2D eigenvalue weighted by molar-refractivity contribution is 1.13. The Morgan fingerprint density at radius 3 is 0.925 bits per heavy atom. The summed E-state index contributed by atoms with van der Waals surface area (Å²) in [6.45, 7) is 8.52. The molecule has 0 aliphatic rings. The molecule has 0 atom stereocenters. The number of hydrogen-bond acceptors (Lipinski definition) is 2. The molecule has 14 rings (SSSR count). The van der Waals surface area contributed by atoms with Gasteiger partial charge in [-0.1, -0.05) is 204 Å².